The van der Waals surface area contributed by atoms with Gasteiger partial charge in [-0.15, -0.1) is 11.3 Å². The maximum Gasteiger partial charge on any atom is 0.187 e. The second kappa shape index (κ2) is 8.20. The molecule has 1 fully saturated rings. The number of piperazine rings is 1. The fourth-order valence-electron chi connectivity index (χ4n) is 3.57. The van der Waals surface area contributed by atoms with E-state index in [9.17, 15) is 5.11 Å². The van der Waals surface area contributed by atoms with Gasteiger partial charge < -0.3 is 20.2 Å². The maximum atomic E-state index is 9.45. The van der Waals surface area contributed by atoms with Gasteiger partial charge in [0.25, 0.3) is 0 Å². The van der Waals surface area contributed by atoms with E-state index in [0.717, 1.165) is 49.2 Å². The molecule has 3 aromatic rings. The van der Waals surface area contributed by atoms with E-state index in [-0.39, 0.29) is 0 Å². The van der Waals surface area contributed by atoms with Crippen LogP contribution in [0.2, 0.25) is 0 Å². The van der Waals surface area contributed by atoms with Gasteiger partial charge in [-0.25, -0.2) is 4.98 Å². The Morgan fingerprint density at radius 3 is 2.54 bits per heavy atom. The molecule has 0 radical (unpaired) electrons. The molecule has 0 spiro atoms. The lowest BCUT2D eigenvalue weighted by Gasteiger charge is -2.33. The average molecular weight is 396 g/mol. The number of aromatic hydroxyl groups is 1. The zero-order chi connectivity index (χ0) is 19.5. The van der Waals surface area contributed by atoms with Crippen molar-refractivity contribution in [2.45, 2.75) is 20.4 Å². The third-order valence-electron chi connectivity index (χ3n) is 5.43. The molecule has 1 aromatic heterocycles. The molecule has 0 atom stereocenters. The van der Waals surface area contributed by atoms with Crippen LogP contribution < -0.4 is 15.1 Å². The summed E-state index contributed by atoms with van der Waals surface area (Å²) in [5.74, 6) is 0.321. The van der Waals surface area contributed by atoms with Gasteiger partial charge in [-0.05, 0) is 61.4 Å². The summed E-state index contributed by atoms with van der Waals surface area (Å²) < 4.78 is 0. The highest BCUT2D eigenvalue weighted by atomic mass is 32.1. The molecule has 4 rings (SSSR count). The molecule has 0 bridgehead atoms. The van der Waals surface area contributed by atoms with Crippen LogP contribution >= 0.6 is 11.3 Å². The second-order valence-corrected chi connectivity index (χ2v) is 8.36. The first-order valence-electron chi connectivity index (χ1n) is 9.73. The fraction of sp³-hybridized carbons (Fsp3) is 0.318. The number of nitrogens with zero attached hydrogens (tertiary/aromatic N) is 2. The van der Waals surface area contributed by atoms with Crippen LogP contribution in [0.25, 0.3) is 0 Å². The number of thiazole rings is 1. The number of quaternary nitrogens is 1. The Kier molecular flexibility index (Phi) is 5.50. The lowest BCUT2D eigenvalue weighted by molar-refractivity contribution is -0.914. The second-order valence-electron chi connectivity index (χ2n) is 7.50. The molecule has 3 N–H and O–H groups in total. The van der Waals surface area contributed by atoms with Gasteiger partial charge in [-0.3, -0.25) is 0 Å². The molecule has 0 aliphatic carbocycles. The van der Waals surface area contributed by atoms with Crippen LogP contribution in [-0.4, -0.2) is 36.3 Å². The fourth-order valence-corrected chi connectivity index (χ4v) is 4.30. The topological polar surface area (TPSA) is 52.8 Å². The van der Waals surface area contributed by atoms with E-state index in [1.807, 2.05) is 12.1 Å². The summed E-state index contributed by atoms with van der Waals surface area (Å²) in [6.45, 7) is 9.47. The molecule has 2 heterocycles. The lowest BCUT2D eigenvalue weighted by atomic mass is 10.1. The Morgan fingerprint density at radius 2 is 1.82 bits per heavy atom. The van der Waals surface area contributed by atoms with Crippen molar-refractivity contribution < 1.29 is 10.0 Å². The van der Waals surface area contributed by atoms with Crippen molar-refractivity contribution in [2.75, 3.05) is 36.4 Å². The number of anilines is 3. The van der Waals surface area contributed by atoms with Crippen LogP contribution in [0.1, 0.15) is 16.8 Å². The highest BCUT2D eigenvalue weighted by molar-refractivity contribution is 7.13. The molecule has 0 saturated carbocycles. The van der Waals surface area contributed by atoms with Crippen molar-refractivity contribution in [3.05, 3.63) is 64.7 Å². The highest BCUT2D eigenvalue weighted by Gasteiger charge is 2.21. The average Bonchev–Trinajstić information content (AvgIpc) is 3.13. The van der Waals surface area contributed by atoms with Crippen molar-refractivity contribution in [1.82, 2.24) is 4.98 Å². The molecule has 0 unspecified atom stereocenters. The van der Waals surface area contributed by atoms with Crippen molar-refractivity contribution in [2.24, 2.45) is 0 Å². The monoisotopic (exact) mass is 395 g/mol. The molecule has 5 nitrogen and oxygen atoms in total. The van der Waals surface area contributed by atoms with Crippen molar-refractivity contribution in [3.8, 4) is 5.75 Å². The van der Waals surface area contributed by atoms with Gasteiger partial charge >= 0.3 is 0 Å². The minimum atomic E-state index is 0.321. The summed E-state index contributed by atoms with van der Waals surface area (Å²) in [4.78, 5) is 8.74. The Morgan fingerprint density at radius 1 is 1.07 bits per heavy atom. The van der Waals surface area contributed by atoms with E-state index >= 15 is 0 Å². The smallest absolute Gasteiger partial charge is 0.187 e. The van der Waals surface area contributed by atoms with Crippen LogP contribution in [0, 0.1) is 13.8 Å². The number of rotatable bonds is 5. The maximum absolute atomic E-state index is 9.45. The van der Waals surface area contributed by atoms with Gasteiger partial charge in [0.15, 0.2) is 5.13 Å². The highest BCUT2D eigenvalue weighted by Crippen LogP contribution is 2.23. The van der Waals surface area contributed by atoms with Crippen LogP contribution in [0.3, 0.4) is 0 Å². The number of benzene rings is 2. The van der Waals surface area contributed by atoms with Crippen LogP contribution in [0.4, 0.5) is 16.5 Å². The normalized spacial score (nSPS) is 15.0. The van der Waals surface area contributed by atoms with Gasteiger partial charge in [0.2, 0.25) is 0 Å². The molecule has 0 amide bonds. The summed E-state index contributed by atoms with van der Waals surface area (Å²) in [6, 6.07) is 13.9. The standard InChI is InChI=1S/C22H26N4OS/c1-16-3-4-18(13-17(16)2)23-22-24-19(15-28-22)14-25-9-11-26(12-10-25)20-5-7-21(27)8-6-20/h3-8,13,15,27H,9-12,14H2,1-2H3,(H,23,24)/p+1. The van der Waals surface area contributed by atoms with Gasteiger partial charge in [0, 0.05) is 16.8 Å². The molecular formula is C22H27N4OS+. The SMILES string of the molecule is Cc1ccc(Nc2nc(C[NH+]3CCN(c4ccc(O)cc4)CC3)cs2)cc1C. The molecule has 1 aliphatic heterocycles. The quantitative estimate of drug-likeness (QED) is 0.621. The number of aryl methyl sites for hydroxylation is 2. The number of nitrogens with one attached hydrogen (secondary N) is 2. The molecule has 1 saturated heterocycles. The first kappa shape index (κ1) is 18.8. The van der Waals surface area contributed by atoms with E-state index in [1.165, 1.54) is 16.8 Å². The van der Waals surface area contributed by atoms with Crippen LogP contribution in [0.5, 0.6) is 5.75 Å². The molecule has 2 aromatic carbocycles. The van der Waals surface area contributed by atoms with E-state index in [2.05, 4.69) is 47.6 Å². The van der Waals surface area contributed by atoms with Crippen molar-refractivity contribution in [1.29, 1.82) is 0 Å². The third kappa shape index (κ3) is 4.46. The van der Waals surface area contributed by atoms with Crippen molar-refractivity contribution >= 4 is 27.8 Å². The van der Waals surface area contributed by atoms with E-state index in [4.69, 9.17) is 4.98 Å². The van der Waals surface area contributed by atoms with E-state index in [0.29, 0.717) is 5.75 Å². The largest absolute Gasteiger partial charge is 0.508 e. The van der Waals surface area contributed by atoms with E-state index < -0.39 is 0 Å². The molecular weight excluding hydrogens is 368 g/mol. The Balaban J connectivity index is 1.31. The zero-order valence-corrected chi connectivity index (χ0v) is 17.2. The van der Waals surface area contributed by atoms with Gasteiger partial charge in [0.05, 0.1) is 26.2 Å². The molecule has 1 aliphatic rings. The first-order valence-corrected chi connectivity index (χ1v) is 10.6. The molecule has 28 heavy (non-hydrogen) atoms. The Hall–Kier alpha value is -2.57. The van der Waals surface area contributed by atoms with E-state index in [1.54, 1.807) is 28.4 Å². The van der Waals surface area contributed by atoms with Crippen LogP contribution in [0.15, 0.2) is 47.8 Å². The Bertz CT molecular complexity index is 930. The number of hydrogen-bond donors (Lipinski definition) is 3. The van der Waals surface area contributed by atoms with Crippen molar-refractivity contribution in [3.63, 3.8) is 0 Å². The number of phenolic OH excluding ortho intramolecular Hbond substituents is 1. The van der Waals surface area contributed by atoms with Gasteiger partial charge in [-0.1, -0.05) is 6.07 Å². The molecule has 6 heteroatoms. The minimum Gasteiger partial charge on any atom is -0.508 e. The predicted octanol–water partition coefficient (Wildman–Crippen LogP) is 3.11. The summed E-state index contributed by atoms with van der Waals surface area (Å²) >= 11 is 1.67. The number of phenols is 1. The molecule has 146 valence electrons. The Labute approximate surface area is 170 Å². The number of hydrogen-bond acceptors (Lipinski definition) is 5. The summed E-state index contributed by atoms with van der Waals surface area (Å²) in [7, 11) is 0. The zero-order valence-electron chi connectivity index (χ0n) is 16.4. The van der Waals surface area contributed by atoms with Gasteiger partial charge in [-0.2, -0.15) is 0 Å². The summed E-state index contributed by atoms with van der Waals surface area (Å²) in [5, 5.41) is 16.0. The lowest BCUT2D eigenvalue weighted by Crippen LogP contribution is -3.13. The predicted molar refractivity (Wildman–Crippen MR) is 116 cm³/mol. The minimum absolute atomic E-state index is 0.321. The first-order chi connectivity index (χ1) is 13.6. The van der Waals surface area contributed by atoms with Crippen LogP contribution in [-0.2, 0) is 6.54 Å². The summed E-state index contributed by atoms with van der Waals surface area (Å²) in [5.41, 5.74) is 6.03. The van der Waals surface area contributed by atoms with Gasteiger partial charge in [0.1, 0.15) is 18.0 Å². The third-order valence-corrected chi connectivity index (χ3v) is 6.23. The number of aromatic nitrogens is 1. The summed E-state index contributed by atoms with van der Waals surface area (Å²) in [6.07, 6.45) is 0.